The number of fused-ring (bicyclic) bond motifs is 3. The predicted octanol–water partition coefficient (Wildman–Crippen LogP) is 1.21. The SMILES string of the molecule is O=[S@]1Cc2ccc3c(c2C1)C[S@@](=O)C3. The molecule has 0 spiro atoms. The summed E-state index contributed by atoms with van der Waals surface area (Å²) in [6.07, 6.45) is 0. The summed E-state index contributed by atoms with van der Waals surface area (Å²) >= 11 is 0. The van der Waals surface area contributed by atoms with E-state index >= 15 is 0 Å². The maximum Gasteiger partial charge on any atom is 0.0495 e. The van der Waals surface area contributed by atoms with E-state index in [0.717, 1.165) is 0 Å². The molecule has 1 aromatic rings. The molecule has 2 heterocycles. The molecule has 2 aliphatic heterocycles. The summed E-state index contributed by atoms with van der Waals surface area (Å²) in [4.78, 5) is 0. The standard InChI is InChI=1S/C10H10O2S2/c11-13-3-7-1-2-8-4-14(12)6-10(8)9(7)5-13/h1-2H,3-6H2/t13-,14-/m0/s1. The summed E-state index contributed by atoms with van der Waals surface area (Å²) in [6, 6.07) is 4.11. The van der Waals surface area contributed by atoms with E-state index in [-0.39, 0.29) is 0 Å². The van der Waals surface area contributed by atoms with Gasteiger partial charge in [-0.1, -0.05) is 12.1 Å². The maximum atomic E-state index is 11.4. The van der Waals surface area contributed by atoms with Crippen molar-refractivity contribution in [1.82, 2.24) is 0 Å². The molecule has 0 amide bonds. The molecule has 0 radical (unpaired) electrons. The van der Waals surface area contributed by atoms with Crippen LogP contribution in [0.25, 0.3) is 0 Å². The zero-order valence-electron chi connectivity index (χ0n) is 7.62. The van der Waals surface area contributed by atoms with Crippen molar-refractivity contribution in [3.05, 3.63) is 34.4 Å². The Hall–Kier alpha value is -0.480. The van der Waals surface area contributed by atoms with Crippen molar-refractivity contribution in [3.8, 4) is 0 Å². The van der Waals surface area contributed by atoms with Crippen molar-refractivity contribution in [2.24, 2.45) is 0 Å². The van der Waals surface area contributed by atoms with Crippen molar-refractivity contribution < 1.29 is 8.42 Å². The minimum Gasteiger partial charge on any atom is -0.259 e. The quantitative estimate of drug-likeness (QED) is 0.666. The predicted molar refractivity (Wildman–Crippen MR) is 57.5 cm³/mol. The molecule has 2 aliphatic rings. The highest BCUT2D eigenvalue weighted by molar-refractivity contribution is 7.84. The van der Waals surface area contributed by atoms with E-state index < -0.39 is 21.6 Å². The first-order valence-electron chi connectivity index (χ1n) is 4.56. The molecule has 0 aromatic heterocycles. The van der Waals surface area contributed by atoms with Crippen LogP contribution in [0.5, 0.6) is 0 Å². The largest absolute Gasteiger partial charge is 0.259 e. The lowest BCUT2D eigenvalue weighted by Crippen LogP contribution is -1.92. The molecule has 0 fully saturated rings. The number of rotatable bonds is 0. The second kappa shape index (κ2) is 3.00. The molecule has 2 nitrogen and oxygen atoms in total. The van der Waals surface area contributed by atoms with Gasteiger partial charge >= 0.3 is 0 Å². The zero-order chi connectivity index (χ0) is 9.71. The van der Waals surface area contributed by atoms with E-state index in [0.29, 0.717) is 23.0 Å². The molecule has 3 rings (SSSR count). The minimum atomic E-state index is -0.722. The van der Waals surface area contributed by atoms with Crippen molar-refractivity contribution in [1.29, 1.82) is 0 Å². The molecule has 4 heteroatoms. The van der Waals surface area contributed by atoms with Crippen molar-refractivity contribution in [3.63, 3.8) is 0 Å². The third-order valence-electron chi connectivity index (χ3n) is 2.87. The topological polar surface area (TPSA) is 34.1 Å². The van der Waals surface area contributed by atoms with Crippen molar-refractivity contribution in [2.45, 2.75) is 23.0 Å². The monoisotopic (exact) mass is 226 g/mol. The van der Waals surface area contributed by atoms with E-state index in [1.807, 2.05) is 0 Å². The van der Waals surface area contributed by atoms with Gasteiger partial charge in [0.15, 0.2) is 0 Å². The van der Waals surface area contributed by atoms with Gasteiger partial charge in [-0.25, -0.2) is 0 Å². The molecule has 2 atom stereocenters. The third kappa shape index (κ3) is 1.21. The van der Waals surface area contributed by atoms with Crippen LogP contribution in [0.1, 0.15) is 22.3 Å². The molecule has 0 N–H and O–H groups in total. The fourth-order valence-corrected chi connectivity index (χ4v) is 4.99. The Morgan fingerprint density at radius 3 is 1.64 bits per heavy atom. The molecule has 0 aliphatic carbocycles. The molecule has 1 aromatic carbocycles. The summed E-state index contributed by atoms with van der Waals surface area (Å²) in [7, 11) is -1.44. The maximum absolute atomic E-state index is 11.4. The zero-order valence-corrected chi connectivity index (χ0v) is 9.25. The van der Waals surface area contributed by atoms with Gasteiger partial charge in [0.25, 0.3) is 0 Å². The van der Waals surface area contributed by atoms with Gasteiger partial charge in [0.2, 0.25) is 0 Å². The summed E-state index contributed by atoms with van der Waals surface area (Å²) in [6.45, 7) is 0. The van der Waals surface area contributed by atoms with Gasteiger partial charge in [-0.2, -0.15) is 0 Å². The van der Waals surface area contributed by atoms with Crippen LogP contribution in [0.15, 0.2) is 12.1 Å². The van der Waals surface area contributed by atoms with Crippen LogP contribution in [0, 0.1) is 0 Å². The molecule has 0 saturated carbocycles. The fraction of sp³-hybridized carbons (Fsp3) is 0.400. The highest BCUT2D eigenvalue weighted by Gasteiger charge is 2.26. The number of hydrogen-bond acceptors (Lipinski definition) is 2. The van der Waals surface area contributed by atoms with Gasteiger partial charge in [-0.3, -0.25) is 8.42 Å². The summed E-state index contributed by atoms with van der Waals surface area (Å²) in [5.74, 6) is 2.73. The average Bonchev–Trinajstić information content (AvgIpc) is 2.65. The molecule has 14 heavy (non-hydrogen) atoms. The Morgan fingerprint density at radius 1 is 0.786 bits per heavy atom. The van der Waals surface area contributed by atoms with Crippen molar-refractivity contribution in [2.75, 3.05) is 0 Å². The highest BCUT2D eigenvalue weighted by Crippen LogP contribution is 2.33. The van der Waals surface area contributed by atoms with Crippen LogP contribution in [-0.4, -0.2) is 8.42 Å². The Kier molecular flexibility index (Phi) is 1.89. The Balaban J connectivity index is 2.19. The molecular formula is C10H10O2S2. The normalized spacial score (nSPS) is 28.9. The lowest BCUT2D eigenvalue weighted by molar-refractivity contribution is 0.683. The lowest BCUT2D eigenvalue weighted by Gasteiger charge is -2.03. The van der Waals surface area contributed by atoms with E-state index in [4.69, 9.17) is 0 Å². The van der Waals surface area contributed by atoms with Crippen LogP contribution in [0.2, 0.25) is 0 Å². The second-order valence-corrected chi connectivity index (χ2v) is 6.71. The van der Waals surface area contributed by atoms with Crippen LogP contribution < -0.4 is 0 Å². The average molecular weight is 226 g/mol. The van der Waals surface area contributed by atoms with E-state index in [2.05, 4.69) is 12.1 Å². The second-order valence-electron chi connectivity index (χ2n) is 3.80. The van der Waals surface area contributed by atoms with Gasteiger partial charge in [0.05, 0.1) is 0 Å². The molecule has 0 bridgehead atoms. The first-order chi connectivity index (χ1) is 6.74. The van der Waals surface area contributed by atoms with Gasteiger partial charge in [-0.05, 0) is 22.3 Å². The van der Waals surface area contributed by atoms with Crippen LogP contribution in [0.4, 0.5) is 0 Å². The van der Waals surface area contributed by atoms with Gasteiger partial charge in [0, 0.05) is 44.6 Å². The Morgan fingerprint density at radius 2 is 1.21 bits per heavy atom. The minimum absolute atomic E-state index is 0.676. The fourth-order valence-electron chi connectivity index (χ4n) is 2.19. The smallest absolute Gasteiger partial charge is 0.0495 e. The number of hydrogen-bond donors (Lipinski definition) is 0. The molecule has 74 valence electrons. The first kappa shape index (κ1) is 8.80. The summed E-state index contributed by atoms with van der Waals surface area (Å²) < 4.78 is 22.8. The van der Waals surface area contributed by atoms with Crippen LogP contribution in [-0.2, 0) is 44.6 Å². The van der Waals surface area contributed by atoms with Crippen LogP contribution in [0.3, 0.4) is 0 Å². The Bertz CT molecular complexity index is 422. The summed E-state index contributed by atoms with van der Waals surface area (Å²) in [5.41, 5.74) is 4.88. The van der Waals surface area contributed by atoms with E-state index in [9.17, 15) is 8.42 Å². The molecule has 0 saturated heterocycles. The highest BCUT2D eigenvalue weighted by atomic mass is 32.2. The Labute approximate surface area is 87.6 Å². The van der Waals surface area contributed by atoms with Crippen molar-refractivity contribution >= 4 is 21.6 Å². The third-order valence-corrected chi connectivity index (χ3v) is 5.36. The molecular weight excluding hydrogens is 216 g/mol. The lowest BCUT2D eigenvalue weighted by atomic mass is 10.0. The van der Waals surface area contributed by atoms with Gasteiger partial charge in [-0.15, -0.1) is 0 Å². The number of benzene rings is 1. The summed E-state index contributed by atoms with van der Waals surface area (Å²) in [5, 5.41) is 0. The van der Waals surface area contributed by atoms with E-state index in [1.54, 1.807) is 0 Å². The van der Waals surface area contributed by atoms with Crippen LogP contribution >= 0.6 is 0 Å². The first-order valence-corrected chi connectivity index (χ1v) is 7.54. The molecule has 0 unspecified atom stereocenters. The van der Waals surface area contributed by atoms with Gasteiger partial charge in [0.1, 0.15) is 0 Å². The van der Waals surface area contributed by atoms with E-state index in [1.165, 1.54) is 22.3 Å². The van der Waals surface area contributed by atoms with Gasteiger partial charge < -0.3 is 0 Å².